The number of hydrogen-bond acceptors (Lipinski definition) is 4. The van der Waals surface area contributed by atoms with Crippen LogP contribution in [0.2, 0.25) is 5.02 Å². The van der Waals surface area contributed by atoms with Crippen molar-refractivity contribution in [2.45, 2.75) is 50.3 Å². The minimum Gasteiger partial charge on any atom is -0.372 e. The van der Waals surface area contributed by atoms with E-state index in [2.05, 4.69) is 17.1 Å². The van der Waals surface area contributed by atoms with E-state index >= 15 is 0 Å². The van der Waals surface area contributed by atoms with Crippen LogP contribution in [-0.4, -0.2) is 44.8 Å². The van der Waals surface area contributed by atoms with Gasteiger partial charge in [0.2, 0.25) is 10.0 Å². The maximum absolute atomic E-state index is 13.1. The van der Waals surface area contributed by atoms with Gasteiger partial charge in [-0.15, -0.1) is 0 Å². The Hall–Kier alpha value is -2.09. The van der Waals surface area contributed by atoms with Gasteiger partial charge in [0.1, 0.15) is 0 Å². The Morgan fingerprint density at radius 2 is 1.58 bits per heavy atom. The minimum atomic E-state index is -3.66. The maximum atomic E-state index is 13.1. The number of anilines is 2. The SMILES string of the molecule is CC1CCN(c2ccc(NC(=O)c3cc(S(=O)(=O)N4CCCCCC4)ccc3Cl)cc2)CC1. The summed E-state index contributed by atoms with van der Waals surface area (Å²) in [6.07, 6.45) is 6.16. The molecule has 0 aliphatic carbocycles. The summed E-state index contributed by atoms with van der Waals surface area (Å²) >= 11 is 6.28. The summed E-state index contributed by atoms with van der Waals surface area (Å²) in [6, 6.07) is 12.1. The number of carbonyl (C=O) groups excluding carboxylic acids is 1. The van der Waals surface area contributed by atoms with Crippen molar-refractivity contribution in [3.8, 4) is 0 Å². The first kappa shape index (κ1) is 24.0. The van der Waals surface area contributed by atoms with Gasteiger partial charge in [-0.05, 0) is 74.1 Å². The second-order valence-electron chi connectivity index (χ2n) is 9.13. The van der Waals surface area contributed by atoms with Crippen molar-refractivity contribution in [3.63, 3.8) is 0 Å². The lowest BCUT2D eigenvalue weighted by Crippen LogP contribution is -2.32. The lowest BCUT2D eigenvalue weighted by molar-refractivity contribution is 0.102. The molecule has 2 aromatic carbocycles. The molecule has 0 radical (unpaired) electrons. The molecule has 0 unspecified atom stereocenters. The molecule has 2 aliphatic rings. The highest BCUT2D eigenvalue weighted by molar-refractivity contribution is 7.89. The zero-order valence-electron chi connectivity index (χ0n) is 19.1. The predicted octanol–water partition coefficient (Wildman–Crippen LogP) is 5.39. The van der Waals surface area contributed by atoms with Crippen molar-refractivity contribution >= 4 is 38.9 Å². The normalized spacial score (nSPS) is 18.7. The van der Waals surface area contributed by atoms with Crippen LogP contribution in [0.25, 0.3) is 0 Å². The quantitative estimate of drug-likeness (QED) is 0.611. The standard InChI is InChI=1S/C25H32ClN3O3S/c1-19-12-16-28(17-13-19)21-8-6-20(7-9-21)27-25(30)23-18-22(10-11-24(23)26)33(31,32)29-14-4-2-3-5-15-29/h6-11,18-19H,2-5,12-17H2,1H3,(H,27,30). The average molecular weight is 490 g/mol. The van der Waals surface area contributed by atoms with E-state index in [0.717, 1.165) is 50.4 Å². The Bertz CT molecular complexity index is 1070. The van der Waals surface area contributed by atoms with Crippen LogP contribution < -0.4 is 10.2 Å². The summed E-state index contributed by atoms with van der Waals surface area (Å²) in [5.41, 5.74) is 1.94. The van der Waals surface area contributed by atoms with Crippen molar-refractivity contribution in [1.29, 1.82) is 0 Å². The number of amides is 1. The third-order valence-corrected chi connectivity index (χ3v) is 8.88. The molecule has 2 heterocycles. The largest absolute Gasteiger partial charge is 0.372 e. The third-order valence-electron chi connectivity index (χ3n) is 6.66. The fourth-order valence-corrected chi connectivity index (χ4v) is 6.24. The fourth-order valence-electron chi connectivity index (χ4n) is 4.49. The van der Waals surface area contributed by atoms with E-state index < -0.39 is 15.9 Å². The molecule has 0 saturated carbocycles. The number of piperidine rings is 1. The minimum absolute atomic E-state index is 0.105. The number of hydrogen-bond donors (Lipinski definition) is 1. The Kier molecular flexibility index (Phi) is 7.62. The highest BCUT2D eigenvalue weighted by atomic mass is 35.5. The van der Waals surface area contributed by atoms with Gasteiger partial charge in [0.15, 0.2) is 0 Å². The fraction of sp³-hybridized carbons (Fsp3) is 0.480. The van der Waals surface area contributed by atoms with Crippen LogP contribution in [0.3, 0.4) is 0 Å². The molecule has 0 atom stereocenters. The number of nitrogens with one attached hydrogen (secondary N) is 1. The number of nitrogens with zero attached hydrogens (tertiary/aromatic N) is 2. The van der Waals surface area contributed by atoms with E-state index in [9.17, 15) is 13.2 Å². The molecule has 8 heteroatoms. The van der Waals surface area contributed by atoms with Gasteiger partial charge >= 0.3 is 0 Å². The zero-order chi connectivity index (χ0) is 23.4. The van der Waals surface area contributed by atoms with Gasteiger partial charge in [-0.3, -0.25) is 4.79 Å². The molecule has 1 amide bonds. The second-order valence-corrected chi connectivity index (χ2v) is 11.5. The number of halogens is 1. The summed E-state index contributed by atoms with van der Waals surface area (Å²) in [7, 11) is -3.66. The van der Waals surface area contributed by atoms with Crippen LogP contribution >= 0.6 is 11.6 Å². The number of rotatable bonds is 5. The monoisotopic (exact) mass is 489 g/mol. The van der Waals surface area contributed by atoms with Crippen LogP contribution in [0.1, 0.15) is 55.8 Å². The van der Waals surface area contributed by atoms with E-state index in [0.29, 0.717) is 18.8 Å². The second kappa shape index (κ2) is 10.5. The molecule has 0 spiro atoms. The Balaban J connectivity index is 1.48. The first-order chi connectivity index (χ1) is 15.8. The smallest absolute Gasteiger partial charge is 0.257 e. The Morgan fingerprint density at radius 3 is 2.21 bits per heavy atom. The predicted molar refractivity (Wildman–Crippen MR) is 134 cm³/mol. The number of sulfonamides is 1. The van der Waals surface area contributed by atoms with E-state index in [-0.39, 0.29) is 15.5 Å². The summed E-state index contributed by atoms with van der Waals surface area (Å²) in [5.74, 6) is 0.343. The third kappa shape index (κ3) is 5.70. The van der Waals surface area contributed by atoms with Crippen molar-refractivity contribution in [2.24, 2.45) is 5.92 Å². The van der Waals surface area contributed by atoms with Crippen molar-refractivity contribution in [1.82, 2.24) is 4.31 Å². The Morgan fingerprint density at radius 1 is 0.939 bits per heavy atom. The average Bonchev–Trinajstić information content (AvgIpc) is 3.11. The van der Waals surface area contributed by atoms with Gasteiger partial charge in [0.05, 0.1) is 15.5 Å². The highest BCUT2D eigenvalue weighted by Crippen LogP contribution is 2.27. The summed E-state index contributed by atoms with van der Waals surface area (Å²) < 4.78 is 27.8. The molecule has 33 heavy (non-hydrogen) atoms. The van der Waals surface area contributed by atoms with Gasteiger partial charge in [-0.1, -0.05) is 31.4 Å². The van der Waals surface area contributed by atoms with Gasteiger partial charge in [0, 0.05) is 37.6 Å². The van der Waals surface area contributed by atoms with Crippen molar-refractivity contribution in [3.05, 3.63) is 53.1 Å². The molecule has 1 N–H and O–H groups in total. The van der Waals surface area contributed by atoms with Crippen LogP contribution in [0, 0.1) is 5.92 Å². The lowest BCUT2D eigenvalue weighted by Gasteiger charge is -2.32. The van der Waals surface area contributed by atoms with Crippen LogP contribution in [0.4, 0.5) is 11.4 Å². The van der Waals surface area contributed by atoms with Crippen LogP contribution in [0.15, 0.2) is 47.4 Å². The molecule has 2 fully saturated rings. The Labute approximate surface area is 202 Å². The lowest BCUT2D eigenvalue weighted by atomic mass is 9.99. The van der Waals surface area contributed by atoms with Crippen LogP contribution in [-0.2, 0) is 10.0 Å². The molecule has 178 valence electrons. The number of carbonyl (C=O) groups is 1. The van der Waals surface area contributed by atoms with E-state index in [1.54, 1.807) is 0 Å². The van der Waals surface area contributed by atoms with Gasteiger partial charge in [0.25, 0.3) is 5.91 Å². The van der Waals surface area contributed by atoms with Crippen molar-refractivity contribution in [2.75, 3.05) is 36.4 Å². The van der Waals surface area contributed by atoms with E-state index in [1.165, 1.54) is 35.3 Å². The first-order valence-electron chi connectivity index (χ1n) is 11.8. The van der Waals surface area contributed by atoms with E-state index in [4.69, 9.17) is 11.6 Å². The molecule has 6 nitrogen and oxygen atoms in total. The van der Waals surface area contributed by atoms with Gasteiger partial charge < -0.3 is 10.2 Å². The van der Waals surface area contributed by atoms with Gasteiger partial charge in [-0.25, -0.2) is 8.42 Å². The topological polar surface area (TPSA) is 69.7 Å². The first-order valence-corrected chi connectivity index (χ1v) is 13.6. The molecular formula is C25H32ClN3O3S. The molecule has 0 bridgehead atoms. The molecule has 2 saturated heterocycles. The zero-order valence-corrected chi connectivity index (χ0v) is 20.7. The molecule has 4 rings (SSSR count). The highest BCUT2D eigenvalue weighted by Gasteiger charge is 2.26. The molecular weight excluding hydrogens is 458 g/mol. The molecule has 2 aromatic rings. The summed E-state index contributed by atoms with van der Waals surface area (Å²) in [4.78, 5) is 15.4. The van der Waals surface area contributed by atoms with Crippen molar-refractivity contribution < 1.29 is 13.2 Å². The summed E-state index contributed by atoms with van der Waals surface area (Å²) in [6.45, 7) is 5.39. The van der Waals surface area contributed by atoms with Gasteiger partial charge in [-0.2, -0.15) is 4.31 Å². The molecule has 0 aromatic heterocycles. The molecule has 2 aliphatic heterocycles. The van der Waals surface area contributed by atoms with E-state index in [1.807, 2.05) is 24.3 Å². The van der Waals surface area contributed by atoms with Crippen LogP contribution in [0.5, 0.6) is 0 Å². The summed E-state index contributed by atoms with van der Waals surface area (Å²) in [5, 5.41) is 3.08. The maximum Gasteiger partial charge on any atom is 0.257 e. The number of benzene rings is 2.